The van der Waals surface area contributed by atoms with Crippen molar-refractivity contribution in [2.75, 3.05) is 6.61 Å². The van der Waals surface area contributed by atoms with Crippen LogP contribution in [0.5, 0.6) is 0 Å². The van der Waals surface area contributed by atoms with Crippen molar-refractivity contribution in [2.24, 2.45) is 4.99 Å². The zero-order valence-corrected chi connectivity index (χ0v) is 14.7. The van der Waals surface area contributed by atoms with Gasteiger partial charge in [-0.1, -0.05) is 11.6 Å². The lowest BCUT2D eigenvalue weighted by atomic mass is 10.1. The van der Waals surface area contributed by atoms with Crippen LogP contribution in [0.1, 0.15) is 29.8 Å². The number of hydrogen-bond donors (Lipinski definition) is 1. The molecule has 0 radical (unpaired) electrons. The van der Waals surface area contributed by atoms with Gasteiger partial charge in [-0.05, 0) is 19.9 Å². The van der Waals surface area contributed by atoms with Crippen LogP contribution in [0.15, 0.2) is 29.2 Å². The molecule has 3 heterocycles. The Bertz CT molecular complexity index is 796. The number of rotatable bonds is 4. The van der Waals surface area contributed by atoms with Crippen LogP contribution in [0.3, 0.4) is 0 Å². The summed E-state index contributed by atoms with van der Waals surface area (Å²) in [5.74, 6) is -0.230. The van der Waals surface area contributed by atoms with Gasteiger partial charge in [0.15, 0.2) is 5.72 Å². The minimum absolute atomic E-state index is 0.230. The minimum atomic E-state index is -4.46. The molecule has 2 unspecified atom stereocenters. The molecule has 26 heavy (non-hydrogen) atoms. The predicted molar refractivity (Wildman–Crippen MR) is 88.7 cm³/mol. The predicted octanol–water partition coefficient (Wildman–Crippen LogP) is 2.89. The molecule has 1 amide bonds. The van der Waals surface area contributed by atoms with Gasteiger partial charge in [0.05, 0.1) is 24.5 Å². The number of aliphatic imine (C=N–C) groups is 1. The fraction of sp³-hybridized carbons (Fsp3) is 0.438. The summed E-state index contributed by atoms with van der Waals surface area (Å²) in [5, 5.41) is 3.15. The molecule has 0 bridgehead atoms. The number of ether oxygens (including phenoxy) is 1. The molecule has 0 aromatic carbocycles. The molecule has 140 valence electrons. The van der Waals surface area contributed by atoms with E-state index in [1.165, 1.54) is 25.5 Å². The zero-order chi connectivity index (χ0) is 19.1. The molecular formula is C16H16ClF3N4O2. The number of aromatic nitrogens is 1. The Morgan fingerprint density at radius 1 is 1.50 bits per heavy atom. The lowest BCUT2D eigenvalue weighted by Crippen LogP contribution is -2.52. The van der Waals surface area contributed by atoms with Gasteiger partial charge in [-0.3, -0.25) is 9.79 Å². The van der Waals surface area contributed by atoms with Gasteiger partial charge in [0.1, 0.15) is 11.8 Å². The molecule has 2 atom stereocenters. The summed E-state index contributed by atoms with van der Waals surface area (Å²) in [6.45, 7) is 2.02. The molecular weight excluding hydrogens is 373 g/mol. The van der Waals surface area contributed by atoms with Gasteiger partial charge in [-0.2, -0.15) is 13.2 Å². The molecule has 1 aromatic heterocycles. The van der Waals surface area contributed by atoms with Crippen molar-refractivity contribution in [3.8, 4) is 0 Å². The maximum atomic E-state index is 12.6. The third-order valence-corrected chi connectivity index (χ3v) is 4.53. The number of amides is 1. The first-order chi connectivity index (χ1) is 12.1. The number of alkyl halides is 3. The molecule has 10 heteroatoms. The molecule has 0 aliphatic carbocycles. The van der Waals surface area contributed by atoms with Crippen molar-refractivity contribution in [3.05, 3.63) is 40.4 Å². The first-order valence-corrected chi connectivity index (χ1v) is 8.15. The Hall–Kier alpha value is -2.13. The molecule has 1 N–H and O–H groups in total. The molecule has 0 fully saturated rings. The quantitative estimate of drug-likeness (QED) is 0.805. The standard InChI is InChI=1S/C16H16ClF3N4O2/c1-9(24-6-11-10(14(24)25)3-4-22-13(11)17)12-5-21-7-15(2,23-12)26-8-16(18,19)20/h3-5,7,9,23H,6,8H2,1-2H3. The number of halogens is 4. The number of carbonyl (C=O) groups is 1. The Labute approximate surface area is 152 Å². The van der Waals surface area contributed by atoms with E-state index in [4.69, 9.17) is 16.3 Å². The van der Waals surface area contributed by atoms with Gasteiger partial charge in [0, 0.05) is 23.5 Å². The van der Waals surface area contributed by atoms with E-state index in [2.05, 4.69) is 15.3 Å². The lowest BCUT2D eigenvalue weighted by Gasteiger charge is -2.36. The highest BCUT2D eigenvalue weighted by molar-refractivity contribution is 6.30. The van der Waals surface area contributed by atoms with E-state index in [1.807, 2.05) is 0 Å². The van der Waals surface area contributed by atoms with E-state index in [-0.39, 0.29) is 17.6 Å². The number of fused-ring (bicyclic) bond motifs is 1. The molecule has 1 aromatic rings. The van der Waals surface area contributed by atoms with E-state index in [0.717, 1.165) is 0 Å². The second kappa shape index (κ2) is 6.55. The van der Waals surface area contributed by atoms with E-state index < -0.39 is 24.6 Å². The number of carbonyl (C=O) groups excluding carboxylic acids is 1. The summed E-state index contributed by atoms with van der Waals surface area (Å²) in [7, 11) is 0. The van der Waals surface area contributed by atoms with Crippen LogP contribution in [0.25, 0.3) is 0 Å². The van der Waals surface area contributed by atoms with E-state index in [1.54, 1.807) is 17.9 Å². The van der Waals surface area contributed by atoms with Crippen LogP contribution in [0.2, 0.25) is 5.15 Å². The van der Waals surface area contributed by atoms with Crippen molar-refractivity contribution in [3.63, 3.8) is 0 Å². The highest BCUT2D eigenvalue weighted by atomic mass is 35.5. The Kier molecular flexibility index (Phi) is 4.70. The van der Waals surface area contributed by atoms with Gasteiger partial charge >= 0.3 is 6.18 Å². The van der Waals surface area contributed by atoms with Crippen molar-refractivity contribution in [1.82, 2.24) is 15.2 Å². The van der Waals surface area contributed by atoms with E-state index in [0.29, 0.717) is 16.8 Å². The second-order valence-corrected chi connectivity index (χ2v) is 6.59. The van der Waals surface area contributed by atoms with Crippen LogP contribution in [0, 0.1) is 0 Å². The maximum absolute atomic E-state index is 12.6. The maximum Gasteiger partial charge on any atom is 0.411 e. The third-order valence-electron chi connectivity index (χ3n) is 4.20. The molecule has 0 spiro atoms. The van der Waals surface area contributed by atoms with Gasteiger partial charge in [0.25, 0.3) is 5.91 Å². The highest BCUT2D eigenvalue weighted by Crippen LogP contribution is 2.31. The minimum Gasteiger partial charge on any atom is -0.354 e. The Balaban J connectivity index is 1.74. The van der Waals surface area contributed by atoms with Crippen molar-refractivity contribution >= 4 is 23.7 Å². The SMILES string of the molecule is CC(C1=CN=CC(C)(OCC(F)(F)F)N1)N1Cc2c(ccnc2Cl)C1=O. The monoisotopic (exact) mass is 388 g/mol. The first-order valence-electron chi connectivity index (χ1n) is 7.77. The number of pyridine rings is 1. The van der Waals surface area contributed by atoms with Crippen LogP contribution in [-0.4, -0.2) is 46.6 Å². The lowest BCUT2D eigenvalue weighted by molar-refractivity contribution is -0.194. The summed E-state index contributed by atoms with van der Waals surface area (Å²) < 4.78 is 42.2. The van der Waals surface area contributed by atoms with Gasteiger partial charge < -0.3 is 15.0 Å². The van der Waals surface area contributed by atoms with Gasteiger partial charge in [0.2, 0.25) is 0 Å². The van der Waals surface area contributed by atoms with Gasteiger partial charge in [-0.15, -0.1) is 0 Å². The zero-order valence-electron chi connectivity index (χ0n) is 14.0. The highest BCUT2D eigenvalue weighted by Gasteiger charge is 2.38. The van der Waals surface area contributed by atoms with Crippen molar-refractivity contribution < 1.29 is 22.7 Å². The summed E-state index contributed by atoms with van der Waals surface area (Å²) in [6, 6.07) is 1.12. The van der Waals surface area contributed by atoms with E-state index >= 15 is 0 Å². The summed E-state index contributed by atoms with van der Waals surface area (Å²) in [5.41, 5.74) is 0.125. The summed E-state index contributed by atoms with van der Waals surface area (Å²) in [4.78, 5) is 22.1. The largest absolute Gasteiger partial charge is 0.411 e. The normalized spacial score (nSPS) is 23.5. The second-order valence-electron chi connectivity index (χ2n) is 6.24. The summed E-state index contributed by atoms with van der Waals surface area (Å²) in [6.07, 6.45) is -0.296. The Morgan fingerprint density at radius 3 is 2.88 bits per heavy atom. The number of nitrogens with one attached hydrogen (secondary N) is 1. The first kappa shape index (κ1) is 18.7. The topological polar surface area (TPSA) is 66.8 Å². The fourth-order valence-corrected chi connectivity index (χ4v) is 3.04. The smallest absolute Gasteiger partial charge is 0.354 e. The third kappa shape index (κ3) is 3.68. The average Bonchev–Trinajstić information content (AvgIpc) is 2.91. The fourth-order valence-electron chi connectivity index (χ4n) is 2.82. The van der Waals surface area contributed by atoms with Crippen LogP contribution in [0.4, 0.5) is 13.2 Å². The number of hydrogen-bond acceptors (Lipinski definition) is 5. The molecule has 2 aliphatic heterocycles. The Morgan fingerprint density at radius 2 is 2.23 bits per heavy atom. The number of nitrogens with zero attached hydrogens (tertiary/aromatic N) is 3. The average molecular weight is 389 g/mol. The van der Waals surface area contributed by atoms with Crippen LogP contribution >= 0.6 is 11.6 Å². The molecule has 3 rings (SSSR count). The van der Waals surface area contributed by atoms with Crippen LogP contribution < -0.4 is 5.32 Å². The van der Waals surface area contributed by atoms with E-state index in [9.17, 15) is 18.0 Å². The molecule has 0 saturated carbocycles. The molecule has 0 saturated heterocycles. The molecule has 6 nitrogen and oxygen atoms in total. The van der Waals surface area contributed by atoms with Crippen molar-refractivity contribution in [2.45, 2.75) is 38.3 Å². The van der Waals surface area contributed by atoms with Crippen LogP contribution in [-0.2, 0) is 11.3 Å². The van der Waals surface area contributed by atoms with Crippen molar-refractivity contribution in [1.29, 1.82) is 0 Å². The summed E-state index contributed by atoms with van der Waals surface area (Å²) >= 11 is 6.05. The molecule has 2 aliphatic rings. The van der Waals surface area contributed by atoms with Gasteiger partial charge in [-0.25, -0.2) is 4.98 Å².